The fraction of sp³-hybridized carbons (Fsp3) is 0.588. The molecule has 0 spiro atoms. The molecule has 2 bridgehead atoms. The molecular formula is C17H23NOS. The van der Waals surface area contributed by atoms with Gasteiger partial charge in [0.15, 0.2) is 0 Å². The van der Waals surface area contributed by atoms with Gasteiger partial charge in [-0.2, -0.15) is 0 Å². The lowest BCUT2D eigenvalue weighted by Crippen LogP contribution is -2.39. The molecule has 1 aromatic rings. The predicted molar refractivity (Wildman–Crippen MR) is 84.7 cm³/mol. The van der Waals surface area contributed by atoms with Crippen LogP contribution in [0.25, 0.3) is 0 Å². The molecule has 0 aliphatic heterocycles. The van der Waals surface area contributed by atoms with Crippen molar-refractivity contribution in [1.82, 2.24) is 5.32 Å². The van der Waals surface area contributed by atoms with Gasteiger partial charge in [0.05, 0.1) is 5.75 Å². The Balaban J connectivity index is 1.40. The first-order chi connectivity index (χ1) is 9.72. The molecule has 2 saturated carbocycles. The van der Waals surface area contributed by atoms with Crippen molar-refractivity contribution in [2.24, 2.45) is 11.8 Å². The molecule has 2 nitrogen and oxygen atoms in total. The quantitative estimate of drug-likeness (QED) is 0.898. The lowest BCUT2D eigenvalue weighted by molar-refractivity contribution is -0.119. The smallest absolute Gasteiger partial charge is 0.230 e. The number of amides is 1. The van der Waals surface area contributed by atoms with Crippen molar-refractivity contribution in [3.8, 4) is 0 Å². The van der Waals surface area contributed by atoms with Crippen LogP contribution in [-0.4, -0.2) is 17.7 Å². The Hall–Kier alpha value is -0.960. The molecular weight excluding hydrogens is 266 g/mol. The highest BCUT2D eigenvalue weighted by Gasteiger charge is 2.39. The maximum Gasteiger partial charge on any atom is 0.230 e. The summed E-state index contributed by atoms with van der Waals surface area (Å²) in [7, 11) is 0. The summed E-state index contributed by atoms with van der Waals surface area (Å²) >= 11 is 1.72. The standard InChI is InChI=1S/C17H23NOS/c1-12-4-2-3-5-15(12)10-20-11-17(19)18-16-9-13-6-7-14(16)8-13/h2-5,13-14,16H,6-11H2,1H3,(H,18,19)/t13-,14-,16-/m1/s1. The van der Waals surface area contributed by atoms with Crippen molar-refractivity contribution in [3.63, 3.8) is 0 Å². The molecule has 1 N–H and O–H groups in total. The molecule has 2 fully saturated rings. The summed E-state index contributed by atoms with van der Waals surface area (Å²) in [6.45, 7) is 2.13. The fourth-order valence-electron chi connectivity index (χ4n) is 3.70. The first-order valence-corrected chi connectivity index (χ1v) is 8.79. The van der Waals surface area contributed by atoms with Gasteiger partial charge in [-0.1, -0.05) is 30.7 Å². The Labute approximate surface area is 125 Å². The molecule has 1 aromatic carbocycles. The second-order valence-corrected chi connectivity index (χ2v) is 7.25. The van der Waals surface area contributed by atoms with Crippen molar-refractivity contribution in [3.05, 3.63) is 35.4 Å². The van der Waals surface area contributed by atoms with Crippen LogP contribution in [0.2, 0.25) is 0 Å². The van der Waals surface area contributed by atoms with Gasteiger partial charge < -0.3 is 5.32 Å². The van der Waals surface area contributed by atoms with E-state index < -0.39 is 0 Å². The van der Waals surface area contributed by atoms with E-state index in [1.807, 2.05) is 0 Å². The topological polar surface area (TPSA) is 29.1 Å². The van der Waals surface area contributed by atoms with Crippen LogP contribution < -0.4 is 5.32 Å². The van der Waals surface area contributed by atoms with Crippen LogP contribution in [-0.2, 0) is 10.5 Å². The number of carbonyl (C=O) groups is 1. The van der Waals surface area contributed by atoms with E-state index >= 15 is 0 Å². The van der Waals surface area contributed by atoms with Crippen LogP contribution in [0.1, 0.15) is 36.8 Å². The molecule has 2 aliphatic carbocycles. The Morgan fingerprint density at radius 3 is 2.85 bits per heavy atom. The second kappa shape index (κ2) is 6.21. The van der Waals surface area contributed by atoms with Gasteiger partial charge >= 0.3 is 0 Å². The zero-order valence-electron chi connectivity index (χ0n) is 12.1. The first kappa shape index (κ1) is 14.0. The van der Waals surface area contributed by atoms with Gasteiger partial charge in [0, 0.05) is 11.8 Å². The van der Waals surface area contributed by atoms with Gasteiger partial charge in [-0.15, -0.1) is 11.8 Å². The Morgan fingerprint density at radius 2 is 2.15 bits per heavy atom. The SMILES string of the molecule is Cc1ccccc1CSCC(=O)N[C@@H]1C[C@@H]2CC[C@@H]1C2. The van der Waals surface area contributed by atoms with Crippen LogP contribution in [0.15, 0.2) is 24.3 Å². The minimum Gasteiger partial charge on any atom is -0.352 e. The van der Waals surface area contributed by atoms with Crippen LogP contribution in [0.3, 0.4) is 0 Å². The summed E-state index contributed by atoms with van der Waals surface area (Å²) in [5.41, 5.74) is 2.65. The van der Waals surface area contributed by atoms with E-state index in [9.17, 15) is 4.79 Å². The van der Waals surface area contributed by atoms with E-state index in [-0.39, 0.29) is 5.91 Å². The van der Waals surface area contributed by atoms with Crippen molar-refractivity contribution < 1.29 is 4.79 Å². The minimum absolute atomic E-state index is 0.223. The lowest BCUT2D eigenvalue weighted by atomic mass is 9.95. The third-order valence-electron chi connectivity index (χ3n) is 4.84. The summed E-state index contributed by atoms with van der Waals surface area (Å²) < 4.78 is 0. The van der Waals surface area contributed by atoms with E-state index in [1.165, 1.54) is 36.8 Å². The molecule has 3 atom stereocenters. The number of benzene rings is 1. The molecule has 3 rings (SSSR count). The highest BCUT2D eigenvalue weighted by molar-refractivity contribution is 7.99. The average molecular weight is 289 g/mol. The Kier molecular flexibility index (Phi) is 4.35. The van der Waals surface area contributed by atoms with E-state index in [0.717, 1.165) is 17.6 Å². The lowest BCUT2D eigenvalue weighted by Gasteiger charge is -2.22. The van der Waals surface area contributed by atoms with Crippen LogP contribution in [0.4, 0.5) is 0 Å². The maximum absolute atomic E-state index is 12.0. The molecule has 0 saturated heterocycles. The van der Waals surface area contributed by atoms with Crippen LogP contribution in [0.5, 0.6) is 0 Å². The third kappa shape index (κ3) is 3.20. The van der Waals surface area contributed by atoms with Gasteiger partial charge in [0.25, 0.3) is 0 Å². The normalized spacial score (nSPS) is 27.8. The summed E-state index contributed by atoms with van der Waals surface area (Å²) in [4.78, 5) is 12.0. The molecule has 20 heavy (non-hydrogen) atoms. The number of aryl methyl sites for hydroxylation is 1. The average Bonchev–Trinajstić information content (AvgIpc) is 3.03. The number of hydrogen-bond acceptors (Lipinski definition) is 2. The zero-order chi connectivity index (χ0) is 13.9. The maximum atomic E-state index is 12.0. The van der Waals surface area contributed by atoms with Crippen molar-refractivity contribution in [2.45, 2.75) is 44.4 Å². The molecule has 0 radical (unpaired) electrons. The summed E-state index contributed by atoms with van der Waals surface area (Å²) in [6.07, 6.45) is 5.28. The fourth-order valence-corrected chi connectivity index (χ4v) is 4.61. The van der Waals surface area contributed by atoms with Gasteiger partial charge in [-0.25, -0.2) is 0 Å². The first-order valence-electron chi connectivity index (χ1n) is 7.64. The largest absolute Gasteiger partial charge is 0.352 e. The predicted octanol–water partition coefficient (Wildman–Crippen LogP) is 3.53. The van der Waals surface area contributed by atoms with Gasteiger partial charge in [0.1, 0.15) is 0 Å². The van der Waals surface area contributed by atoms with Crippen molar-refractivity contribution in [1.29, 1.82) is 0 Å². The Morgan fingerprint density at radius 1 is 1.30 bits per heavy atom. The Bertz CT molecular complexity index is 488. The number of thioether (sulfide) groups is 1. The molecule has 2 aliphatic rings. The number of carbonyl (C=O) groups excluding carboxylic acids is 1. The van der Waals surface area contributed by atoms with E-state index in [1.54, 1.807) is 11.8 Å². The number of nitrogens with one attached hydrogen (secondary N) is 1. The number of fused-ring (bicyclic) bond motifs is 2. The van der Waals surface area contributed by atoms with Crippen molar-refractivity contribution in [2.75, 3.05) is 5.75 Å². The molecule has 0 aromatic heterocycles. The van der Waals surface area contributed by atoms with Crippen molar-refractivity contribution >= 4 is 17.7 Å². The summed E-state index contributed by atoms with van der Waals surface area (Å²) in [6, 6.07) is 8.88. The zero-order valence-corrected chi connectivity index (χ0v) is 12.9. The third-order valence-corrected chi connectivity index (χ3v) is 5.82. The van der Waals surface area contributed by atoms with E-state index in [2.05, 4.69) is 36.5 Å². The highest BCUT2D eigenvalue weighted by atomic mass is 32.2. The highest BCUT2D eigenvalue weighted by Crippen LogP contribution is 2.44. The molecule has 0 unspecified atom stereocenters. The monoisotopic (exact) mass is 289 g/mol. The molecule has 0 heterocycles. The second-order valence-electron chi connectivity index (χ2n) is 6.27. The number of hydrogen-bond donors (Lipinski definition) is 1. The van der Waals surface area contributed by atoms with E-state index in [4.69, 9.17) is 0 Å². The van der Waals surface area contributed by atoms with Gasteiger partial charge in [-0.3, -0.25) is 4.79 Å². The van der Waals surface area contributed by atoms with Crippen LogP contribution >= 0.6 is 11.8 Å². The summed E-state index contributed by atoms with van der Waals surface area (Å²) in [5.74, 6) is 3.40. The van der Waals surface area contributed by atoms with E-state index in [0.29, 0.717) is 11.8 Å². The minimum atomic E-state index is 0.223. The summed E-state index contributed by atoms with van der Waals surface area (Å²) in [5, 5.41) is 3.25. The van der Waals surface area contributed by atoms with Crippen LogP contribution in [0, 0.1) is 18.8 Å². The molecule has 108 valence electrons. The number of rotatable bonds is 5. The van der Waals surface area contributed by atoms with Gasteiger partial charge in [-0.05, 0) is 49.1 Å². The van der Waals surface area contributed by atoms with Gasteiger partial charge in [0.2, 0.25) is 5.91 Å². The molecule has 1 amide bonds. The molecule has 3 heteroatoms.